The van der Waals surface area contributed by atoms with E-state index in [-0.39, 0.29) is 0 Å². The summed E-state index contributed by atoms with van der Waals surface area (Å²) in [6.07, 6.45) is 3.02. The van der Waals surface area contributed by atoms with E-state index < -0.39 is 0 Å². The Bertz CT molecular complexity index is 206. The molecule has 1 N–H and O–H groups in total. The molecule has 1 aromatic heterocycles. The molecule has 1 atom stereocenters. The van der Waals surface area contributed by atoms with Crippen molar-refractivity contribution in [1.29, 1.82) is 0 Å². The van der Waals surface area contributed by atoms with Crippen LogP contribution in [0.15, 0.2) is 11.6 Å². The fourth-order valence-electron chi connectivity index (χ4n) is 1.22. The number of nitrogens with one attached hydrogen (secondary N) is 1. The number of thiazole rings is 1. The number of rotatable bonds is 4. The lowest BCUT2D eigenvalue weighted by molar-refractivity contribution is 0.455. The summed E-state index contributed by atoms with van der Waals surface area (Å²) in [6.45, 7) is 4.47. The molecule has 1 heterocycles. The van der Waals surface area contributed by atoms with Crippen molar-refractivity contribution in [2.45, 2.75) is 26.3 Å². The van der Waals surface area contributed by atoms with Gasteiger partial charge in [-0.05, 0) is 19.4 Å². The molecule has 0 radical (unpaired) electrons. The molecule has 0 saturated heterocycles. The van der Waals surface area contributed by atoms with E-state index in [1.54, 1.807) is 11.3 Å². The normalized spacial score (nSPS) is 13.7. The number of hydrogen-bond donors (Lipinski definition) is 1. The molecule has 1 unspecified atom stereocenters. The van der Waals surface area contributed by atoms with Crippen molar-refractivity contribution < 1.29 is 0 Å². The summed E-state index contributed by atoms with van der Waals surface area (Å²) in [5, 5.41) is 6.51. The van der Waals surface area contributed by atoms with Gasteiger partial charge in [-0.1, -0.05) is 13.8 Å². The molecule has 0 aliphatic rings. The molecule has 3 heteroatoms. The van der Waals surface area contributed by atoms with E-state index in [9.17, 15) is 0 Å². The van der Waals surface area contributed by atoms with Crippen molar-refractivity contribution in [3.05, 3.63) is 16.6 Å². The molecule has 0 fully saturated rings. The van der Waals surface area contributed by atoms with Crippen LogP contribution >= 0.6 is 11.3 Å². The topological polar surface area (TPSA) is 24.9 Å². The third-order valence-corrected chi connectivity index (χ3v) is 2.69. The molecule has 0 bridgehead atoms. The lowest BCUT2D eigenvalue weighted by atomic mass is 10.0. The number of aromatic nitrogens is 1. The standard InChI is InChI=1S/C9H16N2S/c1-7(2)6-8(10-3)9-11-4-5-12-9/h4-5,7-8,10H,6H2,1-3H3. The van der Waals surface area contributed by atoms with Crippen LogP contribution in [-0.2, 0) is 0 Å². The van der Waals surface area contributed by atoms with Crippen molar-refractivity contribution in [3.8, 4) is 0 Å². The van der Waals surface area contributed by atoms with Gasteiger partial charge in [0.2, 0.25) is 0 Å². The molecular weight excluding hydrogens is 168 g/mol. The zero-order valence-electron chi connectivity index (χ0n) is 7.87. The van der Waals surface area contributed by atoms with Gasteiger partial charge in [0, 0.05) is 11.6 Å². The highest BCUT2D eigenvalue weighted by Crippen LogP contribution is 2.22. The third-order valence-electron chi connectivity index (χ3n) is 1.81. The number of nitrogens with zero attached hydrogens (tertiary/aromatic N) is 1. The predicted molar refractivity (Wildman–Crippen MR) is 53.4 cm³/mol. The first kappa shape index (κ1) is 9.68. The molecule has 12 heavy (non-hydrogen) atoms. The smallest absolute Gasteiger partial charge is 0.109 e. The van der Waals surface area contributed by atoms with Gasteiger partial charge in [-0.25, -0.2) is 4.98 Å². The Hall–Kier alpha value is -0.410. The maximum Gasteiger partial charge on any atom is 0.109 e. The summed E-state index contributed by atoms with van der Waals surface area (Å²) in [5.74, 6) is 0.714. The van der Waals surface area contributed by atoms with Crippen LogP contribution in [-0.4, -0.2) is 12.0 Å². The second kappa shape index (κ2) is 4.58. The molecule has 1 rings (SSSR count). The van der Waals surface area contributed by atoms with Crippen LogP contribution in [0, 0.1) is 5.92 Å². The molecule has 0 aliphatic heterocycles. The minimum Gasteiger partial charge on any atom is -0.311 e. The van der Waals surface area contributed by atoms with Crippen LogP contribution in [0.5, 0.6) is 0 Å². The van der Waals surface area contributed by atoms with E-state index in [1.807, 2.05) is 18.6 Å². The molecule has 0 amide bonds. The Labute approximate surface area is 78.0 Å². The van der Waals surface area contributed by atoms with Crippen LogP contribution in [0.1, 0.15) is 31.3 Å². The second-order valence-corrected chi connectivity index (χ2v) is 4.27. The minimum absolute atomic E-state index is 0.435. The van der Waals surface area contributed by atoms with Crippen molar-refractivity contribution in [2.75, 3.05) is 7.05 Å². The van der Waals surface area contributed by atoms with E-state index in [0.717, 1.165) is 6.42 Å². The van der Waals surface area contributed by atoms with Gasteiger partial charge in [-0.3, -0.25) is 0 Å². The first-order chi connectivity index (χ1) is 5.74. The van der Waals surface area contributed by atoms with Gasteiger partial charge in [-0.15, -0.1) is 11.3 Å². The molecular formula is C9H16N2S. The van der Waals surface area contributed by atoms with Gasteiger partial charge in [0.25, 0.3) is 0 Å². The van der Waals surface area contributed by atoms with Crippen LogP contribution in [0.4, 0.5) is 0 Å². The summed E-state index contributed by atoms with van der Waals surface area (Å²) >= 11 is 1.72. The maximum atomic E-state index is 4.30. The first-order valence-corrected chi connectivity index (χ1v) is 5.18. The zero-order chi connectivity index (χ0) is 8.97. The molecule has 2 nitrogen and oxygen atoms in total. The maximum absolute atomic E-state index is 4.30. The van der Waals surface area contributed by atoms with Crippen LogP contribution < -0.4 is 5.32 Å². The van der Waals surface area contributed by atoms with Crippen LogP contribution in [0.2, 0.25) is 0 Å². The van der Waals surface area contributed by atoms with Crippen molar-refractivity contribution in [3.63, 3.8) is 0 Å². The fourth-order valence-corrected chi connectivity index (χ4v) is 1.98. The van der Waals surface area contributed by atoms with Crippen LogP contribution in [0.25, 0.3) is 0 Å². The molecule has 1 aromatic rings. The summed E-state index contributed by atoms with van der Waals surface area (Å²) < 4.78 is 0. The van der Waals surface area contributed by atoms with Crippen molar-refractivity contribution in [1.82, 2.24) is 10.3 Å². The van der Waals surface area contributed by atoms with Gasteiger partial charge < -0.3 is 5.32 Å². The quantitative estimate of drug-likeness (QED) is 0.777. The molecule has 0 aliphatic carbocycles. The highest BCUT2D eigenvalue weighted by atomic mass is 32.1. The average molecular weight is 184 g/mol. The van der Waals surface area contributed by atoms with E-state index in [0.29, 0.717) is 12.0 Å². The van der Waals surface area contributed by atoms with E-state index in [1.165, 1.54) is 5.01 Å². The van der Waals surface area contributed by atoms with E-state index in [4.69, 9.17) is 0 Å². The highest BCUT2D eigenvalue weighted by Gasteiger charge is 2.12. The lowest BCUT2D eigenvalue weighted by Gasteiger charge is -2.15. The minimum atomic E-state index is 0.435. The largest absolute Gasteiger partial charge is 0.311 e. The zero-order valence-corrected chi connectivity index (χ0v) is 8.69. The fraction of sp³-hybridized carbons (Fsp3) is 0.667. The average Bonchev–Trinajstić information content (AvgIpc) is 2.51. The summed E-state index contributed by atoms with van der Waals surface area (Å²) in [5.41, 5.74) is 0. The van der Waals surface area contributed by atoms with Gasteiger partial charge in [0.15, 0.2) is 0 Å². The van der Waals surface area contributed by atoms with Gasteiger partial charge in [0.05, 0.1) is 6.04 Å². The van der Waals surface area contributed by atoms with E-state index >= 15 is 0 Å². The number of hydrogen-bond acceptors (Lipinski definition) is 3. The Morgan fingerprint density at radius 1 is 1.58 bits per heavy atom. The van der Waals surface area contributed by atoms with Gasteiger partial charge in [-0.2, -0.15) is 0 Å². The highest BCUT2D eigenvalue weighted by molar-refractivity contribution is 7.09. The molecule has 0 aromatic carbocycles. The SMILES string of the molecule is CNC(CC(C)C)c1nccs1. The molecule has 68 valence electrons. The summed E-state index contributed by atoms with van der Waals surface area (Å²) in [6, 6.07) is 0.435. The summed E-state index contributed by atoms with van der Waals surface area (Å²) in [4.78, 5) is 4.30. The lowest BCUT2D eigenvalue weighted by Crippen LogP contribution is -2.17. The van der Waals surface area contributed by atoms with Crippen molar-refractivity contribution >= 4 is 11.3 Å². The predicted octanol–water partition coefficient (Wildman–Crippen LogP) is 2.45. The van der Waals surface area contributed by atoms with Gasteiger partial charge >= 0.3 is 0 Å². The Kier molecular flexibility index (Phi) is 3.69. The molecule has 0 saturated carbocycles. The molecule has 0 spiro atoms. The van der Waals surface area contributed by atoms with E-state index in [2.05, 4.69) is 24.1 Å². The monoisotopic (exact) mass is 184 g/mol. The first-order valence-electron chi connectivity index (χ1n) is 4.30. The Morgan fingerprint density at radius 3 is 2.75 bits per heavy atom. The third kappa shape index (κ3) is 2.57. The second-order valence-electron chi connectivity index (χ2n) is 3.34. The Morgan fingerprint density at radius 2 is 2.33 bits per heavy atom. The van der Waals surface area contributed by atoms with Crippen molar-refractivity contribution in [2.24, 2.45) is 5.92 Å². The summed E-state index contributed by atoms with van der Waals surface area (Å²) in [7, 11) is 1.99. The van der Waals surface area contributed by atoms with Crippen LogP contribution in [0.3, 0.4) is 0 Å². The Balaban J connectivity index is 2.57. The van der Waals surface area contributed by atoms with Gasteiger partial charge in [0.1, 0.15) is 5.01 Å².